The van der Waals surface area contributed by atoms with Crippen LogP contribution in [0.25, 0.3) is 0 Å². The van der Waals surface area contributed by atoms with Crippen molar-refractivity contribution in [1.29, 1.82) is 0 Å². The van der Waals surface area contributed by atoms with E-state index in [9.17, 15) is 0 Å². The molecular formula is C6H15FTi. The van der Waals surface area contributed by atoms with E-state index in [0.29, 0.717) is 0 Å². The fourth-order valence-electron chi connectivity index (χ4n) is 0.750. The summed E-state index contributed by atoms with van der Waals surface area (Å²) < 4.78 is 4.56. The molecule has 0 spiro atoms. The minimum absolute atomic E-state index is 0. The van der Waals surface area contributed by atoms with Crippen LogP contribution in [0, 0.1) is 0 Å². The second-order valence-electron chi connectivity index (χ2n) is 1.81. The zero-order valence-electron chi connectivity index (χ0n) is 6.00. The summed E-state index contributed by atoms with van der Waals surface area (Å²) in [6.07, 6.45) is 0. The van der Waals surface area contributed by atoms with Gasteiger partial charge in [-0.1, -0.05) is 0 Å². The van der Waals surface area contributed by atoms with Crippen LogP contribution in [0.4, 0.5) is 0 Å². The first kappa shape index (κ1) is 11.4. The molecular weight excluding hydrogens is 139 g/mol. The van der Waals surface area contributed by atoms with E-state index < -0.39 is 17.9 Å². The van der Waals surface area contributed by atoms with Crippen molar-refractivity contribution in [3.05, 3.63) is 0 Å². The molecule has 0 fully saturated rings. The van der Waals surface area contributed by atoms with Gasteiger partial charge in [0.15, 0.2) is 0 Å². The SMILES string of the molecule is C[CH2][Ti+]([CH2]C)[CH2]C.[F-]. The smallest absolute Gasteiger partial charge is 1.00 e. The zero-order valence-corrected chi connectivity index (χ0v) is 7.56. The first-order chi connectivity index (χ1) is 3.35. The van der Waals surface area contributed by atoms with Crippen LogP contribution in [0.1, 0.15) is 20.8 Å². The summed E-state index contributed by atoms with van der Waals surface area (Å²) in [5.41, 5.74) is 0. The van der Waals surface area contributed by atoms with Crippen molar-refractivity contribution >= 4 is 0 Å². The topological polar surface area (TPSA) is 0 Å². The van der Waals surface area contributed by atoms with Gasteiger partial charge in [0, 0.05) is 0 Å². The van der Waals surface area contributed by atoms with Crippen molar-refractivity contribution in [3.63, 3.8) is 0 Å². The van der Waals surface area contributed by atoms with Crippen LogP contribution in [0.3, 0.4) is 0 Å². The molecule has 8 heavy (non-hydrogen) atoms. The first-order valence-electron chi connectivity index (χ1n) is 3.18. The molecule has 0 atom stereocenters. The molecule has 0 radical (unpaired) electrons. The maximum Gasteiger partial charge on any atom is -1.00 e. The predicted octanol–water partition coefficient (Wildman–Crippen LogP) is -0.0768. The Morgan fingerprint density at radius 3 is 1.12 bits per heavy atom. The third kappa shape index (κ3) is 4.79. The van der Waals surface area contributed by atoms with Crippen LogP contribution in [-0.4, -0.2) is 0 Å². The third-order valence-corrected chi connectivity index (χ3v) is 6.18. The Hall–Kier alpha value is 0.644. The van der Waals surface area contributed by atoms with Crippen molar-refractivity contribution in [1.82, 2.24) is 0 Å². The van der Waals surface area contributed by atoms with Gasteiger partial charge in [0.2, 0.25) is 0 Å². The summed E-state index contributed by atoms with van der Waals surface area (Å²) in [5.74, 6) is 0. The summed E-state index contributed by atoms with van der Waals surface area (Å²) in [6, 6.07) is 0. The third-order valence-electron chi connectivity index (χ3n) is 1.50. The quantitative estimate of drug-likeness (QED) is 0.499. The fourth-order valence-corrected chi connectivity index (χ4v) is 3.09. The van der Waals surface area contributed by atoms with Crippen molar-refractivity contribution in [3.8, 4) is 0 Å². The molecule has 0 aliphatic rings. The van der Waals surface area contributed by atoms with E-state index in [2.05, 4.69) is 20.8 Å². The molecule has 0 rings (SSSR count). The average Bonchev–Trinajstić information content (AvgIpc) is 1.72. The number of hydrogen-bond donors (Lipinski definition) is 0. The maximum absolute atomic E-state index is 2.34. The molecule has 0 bridgehead atoms. The molecule has 0 amide bonds. The van der Waals surface area contributed by atoms with Crippen LogP contribution in [0.5, 0.6) is 0 Å². The van der Waals surface area contributed by atoms with Gasteiger partial charge in [0.1, 0.15) is 0 Å². The Kier molecular flexibility index (Phi) is 10.9. The number of rotatable bonds is 3. The Morgan fingerprint density at radius 2 is 1.12 bits per heavy atom. The molecule has 0 heterocycles. The van der Waals surface area contributed by atoms with Gasteiger partial charge >= 0.3 is 52.8 Å². The summed E-state index contributed by atoms with van der Waals surface area (Å²) >= 11 is -0.403. The second kappa shape index (κ2) is 7.64. The summed E-state index contributed by atoms with van der Waals surface area (Å²) in [4.78, 5) is 0. The molecule has 0 aliphatic carbocycles. The normalized spacial score (nSPS) is 7.88. The monoisotopic (exact) mass is 154 g/mol. The van der Waals surface area contributed by atoms with Crippen LogP contribution in [0.15, 0.2) is 0 Å². The summed E-state index contributed by atoms with van der Waals surface area (Å²) in [5, 5.41) is 0. The Balaban J connectivity index is 0. The molecule has 0 N–H and O–H groups in total. The number of hydrogen-bond acceptors (Lipinski definition) is 0. The van der Waals surface area contributed by atoms with E-state index >= 15 is 0 Å². The minimum Gasteiger partial charge on any atom is -1.00 e. The molecule has 0 nitrogen and oxygen atoms in total. The van der Waals surface area contributed by atoms with Crippen LogP contribution >= 0.6 is 0 Å². The van der Waals surface area contributed by atoms with Crippen LogP contribution < -0.4 is 4.70 Å². The molecule has 0 saturated heterocycles. The summed E-state index contributed by atoms with van der Waals surface area (Å²) in [7, 11) is 0. The van der Waals surface area contributed by atoms with Gasteiger partial charge in [-0.05, 0) is 0 Å². The van der Waals surface area contributed by atoms with Crippen molar-refractivity contribution in [2.75, 3.05) is 0 Å². The van der Waals surface area contributed by atoms with Gasteiger partial charge in [0.05, 0.1) is 0 Å². The molecule has 0 aromatic heterocycles. The van der Waals surface area contributed by atoms with Gasteiger partial charge in [0.25, 0.3) is 0 Å². The Labute approximate surface area is 57.9 Å². The average molecular weight is 154 g/mol. The van der Waals surface area contributed by atoms with E-state index in [1.807, 2.05) is 0 Å². The van der Waals surface area contributed by atoms with Crippen molar-refractivity contribution in [2.24, 2.45) is 0 Å². The molecule has 0 aromatic rings. The molecule has 0 aliphatic heterocycles. The van der Waals surface area contributed by atoms with E-state index in [1.165, 1.54) is 14.2 Å². The van der Waals surface area contributed by atoms with Crippen molar-refractivity contribution in [2.45, 2.75) is 34.9 Å². The second-order valence-corrected chi connectivity index (χ2v) is 7.47. The van der Waals surface area contributed by atoms with E-state index in [1.54, 1.807) is 0 Å². The fraction of sp³-hybridized carbons (Fsp3) is 1.00. The van der Waals surface area contributed by atoms with Gasteiger partial charge < -0.3 is 4.70 Å². The van der Waals surface area contributed by atoms with Gasteiger partial charge in [-0.2, -0.15) is 0 Å². The van der Waals surface area contributed by atoms with E-state index in [-0.39, 0.29) is 4.70 Å². The molecule has 0 aromatic carbocycles. The molecule has 0 unspecified atom stereocenters. The Bertz CT molecular complexity index is 30.0. The number of halogens is 1. The van der Waals surface area contributed by atoms with Crippen molar-refractivity contribution < 1.29 is 22.6 Å². The molecule has 50 valence electrons. The standard InChI is InChI=1S/3C2H5.FH.Ti/c3*1-2;;/h3*1H2,2H3;1H;/q;;;;+1/p-1. The predicted molar refractivity (Wildman–Crippen MR) is 31.4 cm³/mol. The maximum atomic E-state index is 2.34. The zero-order chi connectivity index (χ0) is 5.70. The van der Waals surface area contributed by atoms with Crippen LogP contribution in [0.2, 0.25) is 14.2 Å². The van der Waals surface area contributed by atoms with E-state index in [4.69, 9.17) is 0 Å². The Morgan fingerprint density at radius 1 is 0.875 bits per heavy atom. The van der Waals surface area contributed by atoms with Gasteiger partial charge in [-0.15, -0.1) is 0 Å². The van der Waals surface area contributed by atoms with Gasteiger partial charge in [-0.25, -0.2) is 0 Å². The largest absolute Gasteiger partial charge is 1.00 e. The molecule has 0 saturated carbocycles. The van der Waals surface area contributed by atoms with E-state index in [0.717, 1.165) is 0 Å². The van der Waals surface area contributed by atoms with Gasteiger partial charge in [-0.3, -0.25) is 0 Å². The minimum atomic E-state index is -0.403. The summed E-state index contributed by atoms with van der Waals surface area (Å²) in [6.45, 7) is 7.01. The molecule has 2 heteroatoms. The van der Waals surface area contributed by atoms with Crippen LogP contribution in [-0.2, 0) is 17.9 Å². The first-order valence-corrected chi connectivity index (χ1v) is 6.49.